The van der Waals surface area contributed by atoms with Crippen molar-refractivity contribution in [1.29, 1.82) is 0 Å². The van der Waals surface area contributed by atoms with Crippen LogP contribution in [0.1, 0.15) is 50.7 Å². The predicted octanol–water partition coefficient (Wildman–Crippen LogP) is 13.2. The summed E-state index contributed by atoms with van der Waals surface area (Å²) in [6.45, 7) is 9.14. The number of benzene rings is 6. The Balaban J connectivity index is 0.00000413. The van der Waals surface area contributed by atoms with Gasteiger partial charge in [0.05, 0.1) is 22.6 Å². The molecule has 0 radical (unpaired) electrons. The normalized spacial score (nSPS) is 11.6. The maximum absolute atomic E-state index is 10.7. The van der Waals surface area contributed by atoms with E-state index < -0.39 is 0 Å². The maximum Gasteiger partial charge on any atom is 0.124 e. The number of imidazole rings is 1. The van der Waals surface area contributed by atoms with Crippen LogP contribution in [0.15, 0.2) is 140 Å². The Labute approximate surface area is 334 Å². The van der Waals surface area contributed by atoms with Crippen molar-refractivity contribution in [3.05, 3.63) is 157 Å². The van der Waals surface area contributed by atoms with Gasteiger partial charge >= 0.3 is 0 Å². The molecule has 0 atom stereocenters. The summed E-state index contributed by atoms with van der Waals surface area (Å²) in [4.78, 5) is 10.6. The van der Waals surface area contributed by atoms with Crippen LogP contribution in [-0.2, 0) is 21.1 Å². The van der Waals surface area contributed by atoms with Crippen LogP contribution in [0.2, 0.25) is 0 Å². The number of thiophene rings is 1. The van der Waals surface area contributed by atoms with Crippen molar-refractivity contribution in [3.63, 3.8) is 0 Å². The number of phenolic OH excluding ortho intramolecular Hbond substituents is 1. The van der Waals surface area contributed by atoms with Gasteiger partial charge in [0.2, 0.25) is 0 Å². The van der Waals surface area contributed by atoms with Gasteiger partial charge in [-0.25, -0.2) is 0 Å². The second-order valence-corrected chi connectivity index (χ2v) is 15.3. The Morgan fingerprint density at radius 3 is 2.06 bits per heavy atom. The first-order valence-corrected chi connectivity index (χ1v) is 19.0. The van der Waals surface area contributed by atoms with Crippen molar-refractivity contribution in [2.75, 3.05) is 0 Å². The van der Waals surface area contributed by atoms with Crippen LogP contribution in [-0.4, -0.2) is 19.6 Å². The number of phenols is 1. The second kappa shape index (κ2) is 14.5. The Morgan fingerprint density at radius 1 is 0.630 bits per heavy atom. The van der Waals surface area contributed by atoms with E-state index in [2.05, 4.69) is 135 Å². The zero-order chi connectivity index (χ0) is 36.2. The third-order valence-electron chi connectivity index (χ3n) is 10.1. The molecular weight excluding hydrogens is 862 g/mol. The Hall–Kier alpha value is -5.35. The number of hydrogen-bond acceptors (Lipinski definition) is 4. The topological polar surface area (TPSA) is 50.9 Å². The fourth-order valence-corrected chi connectivity index (χ4v) is 8.72. The molecule has 0 saturated carbocycles. The SMILES string of the molecule is CC(C)c1cc(-c2ccccc2)cc(C(C)C)c1-n1c(-c2[c-]c(-c3cccc(-c4ccccc4O)n3)c3sc4ccccc4c3c2)nc2ccccc21.[Pt]. The van der Waals surface area contributed by atoms with Crippen LogP contribution in [0.4, 0.5) is 0 Å². The van der Waals surface area contributed by atoms with Crippen molar-refractivity contribution in [2.24, 2.45) is 0 Å². The first kappa shape index (κ1) is 35.7. The molecule has 0 unspecified atom stereocenters. The quantitative estimate of drug-likeness (QED) is 0.162. The molecule has 3 aromatic heterocycles. The molecule has 6 aromatic carbocycles. The summed E-state index contributed by atoms with van der Waals surface area (Å²) >= 11 is 1.76. The molecule has 4 nitrogen and oxygen atoms in total. The van der Waals surface area contributed by atoms with Gasteiger partial charge < -0.3 is 9.67 Å². The van der Waals surface area contributed by atoms with Crippen LogP contribution in [0.5, 0.6) is 5.75 Å². The molecule has 0 spiro atoms. The van der Waals surface area contributed by atoms with Crippen LogP contribution < -0.4 is 0 Å². The summed E-state index contributed by atoms with van der Waals surface area (Å²) in [6.07, 6.45) is 0. The predicted molar refractivity (Wildman–Crippen MR) is 222 cm³/mol. The summed E-state index contributed by atoms with van der Waals surface area (Å²) < 4.78 is 4.72. The van der Waals surface area contributed by atoms with E-state index in [1.54, 1.807) is 17.4 Å². The van der Waals surface area contributed by atoms with Crippen molar-refractivity contribution in [3.8, 4) is 56.5 Å². The summed E-state index contributed by atoms with van der Waals surface area (Å²) in [5, 5.41) is 13.1. The minimum atomic E-state index is 0. The van der Waals surface area contributed by atoms with Gasteiger partial charge in [0.25, 0.3) is 0 Å². The van der Waals surface area contributed by atoms with Gasteiger partial charge in [-0.3, -0.25) is 9.97 Å². The Bertz CT molecular complexity index is 2790. The second-order valence-electron chi connectivity index (χ2n) is 14.3. The van der Waals surface area contributed by atoms with Gasteiger partial charge in [-0.1, -0.05) is 129 Å². The number of nitrogens with zero attached hydrogens (tertiary/aromatic N) is 3. The fraction of sp³-hybridized carbons (Fsp3) is 0.125. The minimum absolute atomic E-state index is 0. The van der Waals surface area contributed by atoms with Crippen molar-refractivity contribution < 1.29 is 26.2 Å². The van der Waals surface area contributed by atoms with E-state index in [1.165, 1.54) is 38.0 Å². The number of hydrogen-bond donors (Lipinski definition) is 1. The Morgan fingerprint density at radius 2 is 1.30 bits per heavy atom. The summed E-state index contributed by atoms with van der Waals surface area (Å²) in [5.74, 6) is 1.56. The molecule has 0 saturated heterocycles. The van der Waals surface area contributed by atoms with E-state index in [4.69, 9.17) is 9.97 Å². The van der Waals surface area contributed by atoms with Crippen LogP contribution in [0.25, 0.3) is 81.9 Å². The van der Waals surface area contributed by atoms with Gasteiger partial charge in [-0.05, 0) is 92.7 Å². The number of para-hydroxylation sites is 3. The molecule has 0 aliphatic rings. The van der Waals surface area contributed by atoms with Crippen molar-refractivity contribution >= 4 is 42.5 Å². The fourth-order valence-electron chi connectivity index (χ4n) is 7.53. The van der Waals surface area contributed by atoms with Crippen LogP contribution in [0, 0.1) is 6.07 Å². The zero-order valence-electron chi connectivity index (χ0n) is 30.4. The number of pyridine rings is 1. The van der Waals surface area contributed by atoms with Crippen LogP contribution >= 0.6 is 11.3 Å². The van der Waals surface area contributed by atoms with E-state index in [1.807, 2.05) is 36.4 Å². The molecule has 0 amide bonds. The average Bonchev–Trinajstić information content (AvgIpc) is 3.76. The van der Waals surface area contributed by atoms with Gasteiger partial charge in [0.15, 0.2) is 0 Å². The molecule has 0 bridgehead atoms. The van der Waals surface area contributed by atoms with Crippen molar-refractivity contribution in [2.45, 2.75) is 39.5 Å². The van der Waals surface area contributed by atoms with E-state index in [-0.39, 0.29) is 38.7 Å². The molecule has 6 heteroatoms. The van der Waals surface area contributed by atoms with E-state index in [9.17, 15) is 5.11 Å². The minimum Gasteiger partial charge on any atom is -0.507 e. The summed E-state index contributed by atoms with van der Waals surface area (Å²) in [6, 6.07) is 52.0. The molecule has 9 aromatic rings. The summed E-state index contributed by atoms with van der Waals surface area (Å²) in [7, 11) is 0. The number of aromatic nitrogens is 3. The zero-order valence-corrected chi connectivity index (χ0v) is 33.5. The largest absolute Gasteiger partial charge is 0.507 e. The van der Waals surface area contributed by atoms with Crippen LogP contribution in [0.3, 0.4) is 0 Å². The molecule has 9 rings (SSSR count). The van der Waals surface area contributed by atoms with E-state index in [0.717, 1.165) is 43.8 Å². The third-order valence-corrected chi connectivity index (χ3v) is 11.3. The third kappa shape index (κ3) is 6.16. The van der Waals surface area contributed by atoms with Gasteiger partial charge in [0.1, 0.15) is 5.75 Å². The van der Waals surface area contributed by atoms with Gasteiger partial charge in [-0.15, -0.1) is 12.1 Å². The maximum atomic E-state index is 10.7. The van der Waals surface area contributed by atoms with E-state index in [0.29, 0.717) is 11.3 Å². The molecule has 0 aliphatic heterocycles. The molecule has 54 heavy (non-hydrogen) atoms. The van der Waals surface area contributed by atoms with Gasteiger partial charge in [0, 0.05) is 42.7 Å². The molecule has 0 aliphatic carbocycles. The number of aromatic hydroxyl groups is 1. The van der Waals surface area contributed by atoms with E-state index >= 15 is 0 Å². The molecule has 3 heterocycles. The number of fused-ring (bicyclic) bond motifs is 4. The molecule has 268 valence electrons. The van der Waals surface area contributed by atoms with Crippen molar-refractivity contribution in [1.82, 2.24) is 14.5 Å². The first-order valence-electron chi connectivity index (χ1n) is 18.2. The Kier molecular flexibility index (Phi) is 9.56. The molecular formula is C48H38N3OPtS-. The first-order chi connectivity index (χ1) is 25.9. The molecule has 0 fully saturated rings. The number of rotatable bonds is 7. The monoisotopic (exact) mass is 899 g/mol. The summed E-state index contributed by atoms with van der Waals surface area (Å²) in [5.41, 5.74) is 12.2. The average molecular weight is 900 g/mol. The standard InChI is InChI=1S/C48H38N3OS.Pt/c1-29(2)36-25-32(31-15-6-5-7-16-31)26-37(30(3)4)46(36)51-43-22-11-10-19-42(43)50-48(51)33-27-38-34-17-9-13-24-45(34)53-47(38)39(28-33)41-21-14-20-40(49-41)35-18-8-12-23-44(35)52;/h5-27,29-30,52H,1-4H3;/q-1;. The molecule has 1 N–H and O–H groups in total. The van der Waals surface area contributed by atoms with Gasteiger partial charge in [-0.2, -0.15) is 11.3 Å². The smallest absolute Gasteiger partial charge is 0.124 e.